The van der Waals surface area contributed by atoms with Crippen molar-refractivity contribution in [1.82, 2.24) is 4.90 Å². The van der Waals surface area contributed by atoms with Crippen LogP contribution >= 0.6 is 0 Å². The molecule has 0 aromatic heterocycles. The Morgan fingerprint density at radius 2 is 1.80 bits per heavy atom. The number of nitrogens with zero attached hydrogens (tertiary/aromatic N) is 1. The molecule has 20 heavy (non-hydrogen) atoms. The number of hydrogen-bond acceptors (Lipinski definition) is 2. The summed E-state index contributed by atoms with van der Waals surface area (Å²) >= 11 is 0. The molecule has 1 saturated carbocycles. The fraction of sp³-hybridized carbons (Fsp3) is 0.667. The van der Waals surface area contributed by atoms with Gasteiger partial charge in [0.25, 0.3) is 0 Å². The Bertz CT molecular complexity index is 410. The minimum atomic E-state index is 0.886. The molecule has 1 N–H and O–H groups in total. The molecule has 1 aromatic rings. The minimum absolute atomic E-state index is 0.886. The molecule has 0 radical (unpaired) electrons. The van der Waals surface area contributed by atoms with Gasteiger partial charge >= 0.3 is 0 Å². The van der Waals surface area contributed by atoms with Crippen molar-refractivity contribution in [3.63, 3.8) is 0 Å². The predicted octanol–water partition coefficient (Wildman–Crippen LogP) is 4.06. The van der Waals surface area contributed by atoms with Crippen LogP contribution in [0.3, 0.4) is 0 Å². The molecule has 1 heterocycles. The highest BCUT2D eigenvalue weighted by atomic mass is 15.2. The maximum atomic E-state index is 3.57. The first kappa shape index (κ1) is 13.9. The van der Waals surface area contributed by atoms with Crippen LogP contribution in [0.2, 0.25) is 0 Å². The number of benzene rings is 1. The first-order valence-corrected chi connectivity index (χ1v) is 8.37. The van der Waals surface area contributed by atoms with Crippen molar-refractivity contribution in [3.05, 3.63) is 29.8 Å². The lowest BCUT2D eigenvalue weighted by Gasteiger charge is -2.44. The minimum Gasteiger partial charge on any atom is -0.384 e. The SMILES string of the molecule is Cc1ccc(NCCN2CCC[C@H]3CCCC[C@H]32)cc1. The molecule has 1 aliphatic heterocycles. The Morgan fingerprint density at radius 3 is 2.65 bits per heavy atom. The molecule has 2 heteroatoms. The summed E-state index contributed by atoms with van der Waals surface area (Å²) in [5.41, 5.74) is 2.59. The van der Waals surface area contributed by atoms with Crippen LogP contribution in [0.4, 0.5) is 5.69 Å². The average molecular weight is 272 g/mol. The Labute approximate surface area is 123 Å². The molecule has 0 amide bonds. The molecule has 2 nitrogen and oxygen atoms in total. The summed E-state index contributed by atoms with van der Waals surface area (Å²) in [5.74, 6) is 0.997. The first-order valence-electron chi connectivity index (χ1n) is 8.37. The molecule has 1 saturated heterocycles. The van der Waals surface area contributed by atoms with E-state index in [1.54, 1.807) is 0 Å². The molecule has 0 unspecified atom stereocenters. The van der Waals surface area contributed by atoms with E-state index >= 15 is 0 Å². The lowest BCUT2D eigenvalue weighted by Crippen LogP contribution is -2.48. The molecule has 2 aliphatic rings. The van der Waals surface area contributed by atoms with E-state index in [9.17, 15) is 0 Å². The highest BCUT2D eigenvalue weighted by Crippen LogP contribution is 2.34. The molecule has 0 spiro atoms. The van der Waals surface area contributed by atoms with Crippen LogP contribution in [-0.4, -0.2) is 30.6 Å². The molecule has 3 rings (SSSR count). The Morgan fingerprint density at radius 1 is 1.05 bits per heavy atom. The number of likely N-dealkylation sites (tertiary alicyclic amines) is 1. The van der Waals surface area contributed by atoms with Crippen LogP contribution in [0, 0.1) is 12.8 Å². The van der Waals surface area contributed by atoms with E-state index in [2.05, 4.69) is 41.4 Å². The maximum absolute atomic E-state index is 3.57. The van der Waals surface area contributed by atoms with Crippen LogP contribution in [-0.2, 0) is 0 Å². The summed E-state index contributed by atoms with van der Waals surface area (Å²) < 4.78 is 0. The highest BCUT2D eigenvalue weighted by Gasteiger charge is 2.32. The summed E-state index contributed by atoms with van der Waals surface area (Å²) in [7, 11) is 0. The topological polar surface area (TPSA) is 15.3 Å². The van der Waals surface area contributed by atoms with Gasteiger partial charge in [0, 0.05) is 24.8 Å². The normalized spacial score (nSPS) is 27.1. The van der Waals surface area contributed by atoms with Crippen molar-refractivity contribution in [2.24, 2.45) is 5.92 Å². The number of hydrogen-bond donors (Lipinski definition) is 1. The van der Waals surface area contributed by atoms with Crippen molar-refractivity contribution >= 4 is 5.69 Å². The van der Waals surface area contributed by atoms with E-state index in [4.69, 9.17) is 0 Å². The third-order valence-electron chi connectivity index (χ3n) is 5.14. The van der Waals surface area contributed by atoms with Crippen molar-refractivity contribution in [1.29, 1.82) is 0 Å². The van der Waals surface area contributed by atoms with Gasteiger partial charge in [-0.2, -0.15) is 0 Å². The molecule has 0 bridgehead atoms. The average Bonchev–Trinajstić information content (AvgIpc) is 2.49. The molecule has 1 aromatic carbocycles. The smallest absolute Gasteiger partial charge is 0.0340 e. The standard InChI is InChI=1S/C18H28N2/c1-15-8-10-17(11-9-15)19-12-14-20-13-4-6-16-5-2-3-7-18(16)20/h8-11,16,18-19H,2-7,12-14H2,1H3/t16-,18-/m1/s1. The zero-order valence-electron chi connectivity index (χ0n) is 12.8. The van der Waals surface area contributed by atoms with Crippen molar-refractivity contribution < 1.29 is 0 Å². The van der Waals surface area contributed by atoms with Gasteiger partial charge < -0.3 is 5.32 Å². The third kappa shape index (κ3) is 3.35. The number of nitrogens with one attached hydrogen (secondary N) is 1. The lowest BCUT2D eigenvalue weighted by molar-refractivity contribution is 0.0645. The lowest BCUT2D eigenvalue weighted by atomic mass is 9.78. The number of aryl methyl sites for hydroxylation is 1. The van der Waals surface area contributed by atoms with Crippen molar-refractivity contribution in [3.8, 4) is 0 Å². The zero-order chi connectivity index (χ0) is 13.8. The van der Waals surface area contributed by atoms with Gasteiger partial charge in [-0.15, -0.1) is 0 Å². The number of fused-ring (bicyclic) bond motifs is 1. The fourth-order valence-electron chi connectivity index (χ4n) is 4.02. The second-order valence-electron chi connectivity index (χ2n) is 6.58. The second kappa shape index (κ2) is 6.62. The van der Waals surface area contributed by atoms with Crippen LogP contribution in [0.15, 0.2) is 24.3 Å². The summed E-state index contributed by atoms with van der Waals surface area (Å²) in [5, 5.41) is 3.57. The van der Waals surface area contributed by atoms with E-state index in [0.717, 1.165) is 18.5 Å². The zero-order valence-corrected chi connectivity index (χ0v) is 12.8. The van der Waals surface area contributed by atoms with Gasteiger partial charge in [-0.1, -0.05) is 30.5 Å². The predicted molar refractivity (Wildman–Crippen MR) is 86.2 cm³/mol. The van der Waals surface area contributed by atoms with Gasteiger partial charge in [-0.05, 0) is 57.2 Å². The molecule has 2 atom stereocenters. The van der Waals surface area contributed by atoms with E-state index in [1.807, 2.05) is 0 Å². The Hall–Kier alpha value is -1.02. The summed E-state index contributed by atoms with van der Waals surface area (Å²) in [4.78, 5) is 2.76. The van der Waals surface area contributed by atoms with Crippen molar-refractivity contribution in [2.75, 3.05) is 25.0 Å². The second-order valence-corrected chi connectivity index (χ2v) is 6.58. The van der Waals surface area contributed by atoms with Crippen LogP contribution in [0.1, 0.15) is 44.1 Å². The molecular formula is C18H28N2. The number of piperidine rings is 1. The molecule has 1 aliphatic carbocycles. The quantitative estimate of drug-likeness (QED) is 0.889. The maximum Gasteiger partial charge on any atom is 0.0340 e. The Kier molecular flexibility index (Phi) is 4.62. The third-order valence-corrected chi connectivity index (χ3v) is 5.14. The van der Waals surface area contributed by atoms with Gasteiger partial charge in [-0.25, -0.2) is 0 Å². The first-order chi connectivity index (χ1) is 9.83. The van der Waals surface area contributed by atoms with E-state index in [1.165, 1.54) is 62.9 Å². The van der Waals surface area contributed by atoms with Crippen LogP contribution in [0.25, 0.3) is 0 Å². The molecular weight excluding hydrogens is 244 g/mol. The monoisotopic (exact) mass is 272 g/mol. The summed E-state index contributed by atoms with van der Waals surface area (Å²) in [6.07, 6.45) is 8.72. The number of rotatable bonds is 4. The Balaban J connectivity index is 1.48. The summed E-state index contributed by atoms with van der Waals surface area (Å²) in [6.45, 7) is 5.73. The number of anilines is 1. The fourth-order valence-corrected chi connectivity index (χ4v) is 4.02. The van der Waals surface area contributed by atoms with Crippen LogP contribution in [0.5, 0.6) is 0 Å². The van der Waals surface area contributed by atoms with Crippen molar-refractivity contribution in [2.45, 2.75) is 51.5 Å². The largest absolute Gasteiger partial charge is 0.384 e. The van der Waals surface area contributed by atoms with Gasteiger partial charge in [0.15, 0.2) is 0 Å². The van der Waals surface area contributed by atoms with Gasteiger partial charge in [0.05, 0.1) is 0 Å². The summed E-state index contributed by atoms with van der Waals surface area (Å²) in [6, 6.07) is 9.63. The van der Waals surface area contributed by atoms with E-state index < -0.39 is 0 Å². The van der Waals surface area contributed by atoms with E-state index in [0.29, 0.717) is 0 Å². The van der Waals surface area contributed by atoms with Gasteiger partial charge in [0.2, 0.25) is 0 Å². The van der Waals surface area contributed by atoms with E-state index in [-0.39, 0.29) is 0 Å². The highest BCUT2D eigenvalue weighted by molar-refractivity contribution is 5.44. The van der Waals surface area contributed by atoms with Gasteiger partial charge in [-0.3, -0.25) is 4.90 Å². The van der Waals surface area contributed by atoms with Gasteiger partial charge in [0.1, 0.15) is 0 Å². The molecule has 2 fully saturated rings. The van der Waals surface area contributed by atoms with Crippen LogP contribution < -0.4 is 5.32 Å². The molecule has 110 valence electrons.